The first-order valence-corrected chi connectivity index (χ1v) is 5.47. The molecule has 2 fully saturated rings. The van der Waals surface area contributed by atoms with Crippen molar-refractivity contribution in [3.8, 4) is 0 Å². The van der Waals surface area contributed by atoms with E-state index in [0.29, 0.717) is 5.92 Å². The highest BCUT2D eigenvalue weighted by Gasteiger charge is 2.40. The summed E-state index contributed by atoms with van der Waals surface area (Å²) in [4.78, 5) is 10.7. The molecule has 2 bridgehead atoms. The molecule has 0 radical (unpaired) electrons. The molecule has 1 amide bonds. The van der Waals surface area contributed by atoms with Crippen molar-refractivity contribution in [2.45, 2.75) is 39.5 Å². The van der Waals surface area contributed by atoms with E-state index in [1.807, 2.05) is 6.92 Å². The highest BCUT2D eigenvalue weighted by atomic mass is 16.2. The van der Waals surface area contributed by atoms with Crippen LogP contribution in [0.1, 0.15) is 39.5 Å². The summed E-state index contributed by atoms with van der Waals surface area (Å²) < 4.78 is 0. The van der Waals surface area contributed by atoms with Crippen molar-refractivity contribution in [1.29, 1.82) is 0 Å². The number of nitrogens with one attached hydrogen (secondary N) is 1. The molecular formula is C11H18N2O. The number of hydrogen-bond donors (Lipinski definition) is 1. The lowest BCUT2D eigenvalue weighted by Crippen LogP contribution is -2.23. The third kappa shape index (κ3) is 1.81. The maximum absolute atomic E-state index is 10.7. The molecule has 2 rings (SSSR count). The number of carbonyl (C=O) groups is 1. The lowest BCUT2D eigenvalue weighted by molar-refractivity contribution is -0.118. The summed E-state index contributed by atoms with van der Waals surface area (Å²) in [5.74, 6) is 2.35. The summed E-state index contributed by atoms with van der Waals surface area (Å²) in [6, 6.07) is 0. The number of amides is 1. The Bertz CT molecular complexity index is 272. The number of fused-ring (bicyclic) bond motifs is 2. The monoisotopic (exact) mass is 194 g/mol. The van der Waals surface area contributed by atoms with E-state index in [1.165, 1.54) is 32.6 Å². The number of hydrazone groups is 1. The highest BCUT2D eigenvalue weighted by Crippen LogP contribution is 2.48. The van der Waals surface area contributed by atoms with Gasteiger partial charge in [-0.05, 0) is 38.0 Å². The Kier molecular flexibility index (Phi) is 2.57. The number of nitrogens with zero attached hydrogens (tertiary/aromatic N) is 1. The topological polar surface area (TPSA) is 41.5 Å². The average Bonchev–Trinajstić information content (AvgIpc) is 2.74. The zero-order valence-electron chi connectivity index (χ0n) is 8.92. The summed E-state index contributed by atoms with van der Waals surface area (Å²) in [5.41, 5.74) is 3.65. The molecular weight excluding hydrogens is 176 g/mol. The normalized spacial score (nSPS) is 36.1. The standard InChI is InChI=1S/C11H18N2O/c1-7(12-13-8(2)14)11-6-9-3-4-10(11)5-9/h9-11H,3-6H2,1-2H3,(H,13,14). The molecule has 0 aliphatic heterocycles. The molecule has 2 aliphatic rings. The first-order chi connectivity index (χ1) is 6.66. The average molecular weight is 194 g/mol. The fraction of sp³-hybridized carbons (Fsp3) is 0.818. The lowest BCUT2D eigenvalue weighted by atomic mass is 9.86. The molecule has 3 heteroatoms. The molecule has 1 N–H and O–H groups in total. The Morgan fingerprint density at radius 2 is 2.07 bits per heavy atom. The van der Waals surface area contributed by atoms with Gasteiger partial charge in [0.1, 0.15) is 0 Å². The van der Waals surface area contributed by atoms with Crippen LogP contribution in [0.3, 0.4) is 0 Å². The van der Waals surface area contributed by atoms with Crippen LogP contribution < -0.4 is 5.43 Å². The minimum absolute atomic E-state index is 0.0764. The Labute approximate surface area is 85.0 Å². The second-order valence-corrected chi connectivity index (χ2v) is 4.70. The lowest BCUT2D eigenvalue weighted by Gasteiger charge is -2.20. The van der Waals surface area contributed by atoms with Crippen LogP contribution in [0, 0.1) is 17.8 Å². The van der Waals surface area contributed by atoms with Gasteiger partial charge in [-0.1, -0.05) is 6.42 Å². The Balaban J connectivity index is 1.95. The zero-order valence-corrected chi connectivity index (χ0v) is 8.92. The number of rotatable bonds is 2. The van der Waals surface area contributed by atoms with Gasteiger partial charge in [-0.2, -0.15) is 5.10 Å². The van der Waals surface area contributed by atoms with Gasteiger partial charge in [-0.15, -0.1) is 0 Å². The van der Waals surface area contributed by atoms with Gasteiger partial charge in [0, 0.05) is 18.6 Å². The van der Waals surface area contributed by atoms with Crippen LogP contribution in [0.15, 0.2) is 5.10 Å². The van der Waals surface area contributed by atoms with E-state index >= 15 is 0 Å². The largest absolute Gasteiger partial charge is 0.274 e. The van der Waals surface area contributed by atoms with Crippen molar-refractivity contribution < 1.29 is 4.79 Å². The molecule has 0 aromatic carbocycles. The first kappa shape index (κ1) is 9.69. The van der Waals surface area contributed by atoms with E-state index in [9.17, 15) is 4.79 Å². The van der Waals surface area contributed by atoms with E-state index in [0.717, 1.165) is 17.5 Å². The summed E-state index contributed by atoms with van der Waals surface area (Å²) in [6.07, 6.45) is 5.45. The van der Waals surface area contributed by atoms with Gasteiger partial charge in [-0.3, -0.25) is 4.79 Å². The second-order valence-electron chi connectivity index (χ2n) is 4.70. The maximum Gasteiger partial charge on any atom is 0.236 e. The predicted molar refractivity (Wildman–Crippen MR) is 55.9 cm³/mol. The van der Waals surface area contributed by atoms with Crippen LogP contribution in [0.25, 0.3) is 0 Å². The summed E-state index contributed by atoms with van der Waals surface area (Å²) in [7, 11) is 0. The fourth-order valence-corrected chi connectivity index (χ4v) is 3.01. The first-order valence-electron chi connectivity index (χ1n) is 5.47. The summed E-state index contributed by atoms with van der Waals surface area (Å²) >= 11 is 0. The van der Waals surface area contributed by atoms with Crippen molar-refractivity contribution in [3.63, 3.8) is 0 Å². The molecule has 0 heterocycles. The van der Waals surface area contributed by atoms with Crippen LogP contribution >= 0.6 is 0 Å². The van der Waals surface area contributed by atoms with E-state index in [1.54, 1.807) is 0 Å². The molecule has 2 aliphatic carbocycles. The molecule has 2 saturated carbocycles. The van der Waals surface area contributed by atoms with Gasteiger partial charge >= 0.3 is 0 Å². The fourth-order valence-electron chi connectivity index (χ4n) is 3.01. The van der Waals surface area contributed by atoms with Crippen LogP contribution in [0.4, 0.5) is 0 Å². The Morgan fingerprint density at radius 3 is 2.57 bits per heavy atom. The van der Waals surface area contributed by atoms with Gasteiger partial charge < -0.3 is 0 Å². The molecule has 0 spiro atoms. The van der Waals surface area contributed by atoms with Gasteiger partial charge in [-0.25, -0.2) is 5.43 Å². The molecule has 78 valence electrons. The predicted octanol–water partition coefficient (Wildman–Crippen LogP) is 1.93. The van der Waals surface area contributed by atoms with Crippen molar-refractivity contribution in [2.24, 2.45) is 22.9 Å². The maximum atomic E-state index is 10.7. The van der Waals surface area contributed by atoms with Crippen LogP contribution in [0.2, 0.25) is 0 Å². The van der Waals surface area contributed by atoms with E-state index in [4.69, 9.17) is 0 Å². The minimum Gasteiger partial charge on any atom is -0.274 e. The van der Waals surface area contributed by atoms with Gasteiger partial charge in [0.05, 0.1) is 0 Å². The molecule has 14 heavy (non-hydrogen) atoms. The quantitative estimate of drug-likeness (QED) is 0.529. The third-order valence-corrected chi connectivity index (χ3v) is 3.66. The number of carbonyl (C=O) groups excluding carboxylic acids is 1. The van der Waals surface area contributed by atoms with Crippen molar-refractivity contribution in [3.05, 3.63) is 0 Å². The van der Waals surface area contributed by atoms with Crippen LogP contribution in [-0.4, -0.2) is 11.6 Å². The van der Waals surface area contributed by atoms with Crippen molar-refractivity contribution >= 4 is 11.6 Å². The minimum atomic E-state index is -0.0764. The number of hydrogen-bond acceptors (Lipinski definition) is 2. The molecule has 3 nitrogen and oxygen atoms in total. The van der Waals surface area contributed by atoms with Gasteiger partial charge in [0.2, 0.25) is 5.91 Å². The third-order valence-electron chi connectivity index (χ3n) is 3.66. The Morgan fingerprint density at radius 1 is 1.29 bits per heavy atom. The van der Waals surface area contributed by atoms with Crippen LogP contribution in [-0.2, 0) is 4.79 Å². The van der Waals surface area contributed by atoms with Gasteiger partial charge in [0.15, 0.2) is 0 Å². The van der Waals surface area contributed by atoms with Gasteiger partial charge in [0.25, 0.3) is 0 Å². The van der Waals surface area contributed by atoms with Crippen molar-refractivity contribution in [2.75, 3.05) is 0 Å². The van der Waals surface area contributed by atoms with E-state index in [-0.39, 0.29) is 5.91 Å². The molecule has 0 saturated heterocycles. The summed E-state index contributed by atoms with van der Waals surface area (Å²) in [5, 5.41) is 4.14. The molecule has 0 aromatic heterocycles. The van der Waals surface area contributed by atoms with Crippen molar-refractivity contribution in [1.82, 2.24) is 5.43 Å². The zero-order chi connectivity index (χ0) is 10.1. The molecule has 3 atom stereocenters. The molecule has 3 unspecified atom stereocenters. The highest BCUT2D eigenvalue weighted by molar-refractivity contribution is 5.86. The summed E-state index contributed by atoms with van der Waals surface area (Å²) in [6.45, 7) is 3.54. The van der Waals surface area contributed by atoms with Crippen LogP contribution in [0.5, 0.6) is 0 Å². The van der Waals surface area contributed by atoms with E-state index in [2.05, 4.69) is 10.5 Å². The van der Waals surface area contributed by atoms with E-state index < -0.39 is 0 Å². The molecule has 0 aromatic rings. The SMILES string of the molecule is CC(=O)NN=C(C)C1CC2CCC1C2. The second kappa shape index (κ2) is 3.71. The smallest absolute Gasteiger partial charge is 0.236 e. The Hall–Kier alpha value is -0.860.